The molecule has 0 radical (unpaired) electrons. The van der Waals surface area contributed by atoms with Crippen LogP contribution in [0.25, 0.3) is 11.0 Å². The monoisotopic (exact) mass is 267 g/mol. The number of nitrogens with zero attached hydrogens (tertiary/aromatic N) is 2. The number of nitrogen functional groups attached to an aromatic ring is 1. The second-order valence-electron chi connectivity index (χ2n) is 4.82. The fourth-order valence-electron chi connectivity index (χ4n) is 2.51. The zero-order valence-electron chi connectivity index (χ0n) is 10.4. The average molecular weight is 267 g/mol. The lowest BCUT2D eigenvalue weighted by Crippen LogP contribution is -2.25. The summed E-state index contributed by atoms with van der Waals surface area (Å²) in [5.41, 5.74) is 6.28. The van der Waals surface area contributed by atoms with Gasteiger partial charge in [0, 0.05) is 18.7 Å². The Morgan fingerprint density at radius 3 is 2.95 bits per heavy atom. The second-order valence-corrected chi connectivity index (χ2v) is 4.82. The minimum absolute atomic E-state index is 0.0276. The molecule has 6 heteroatoms. The number of hydrogen-bond donors (Lipinski definition) is 1. The fraction of sp³-hybridized carbons (Fsp3) is 0.462. The van der Waals surface area contributed by atoms with E-state index >= 15 is 0 Å². The topological polar surface area (TPSA) is 53.1 Å². The summed E-state index contributed by atoms with van der Waals surface area (Å²) in [5, 5.41) is 0. The van der Waals surface area contributed by atoms with Gasteiger partial charge in [-0.2, -0.15) is 0 Å². The van der Waals surface area contributed by atoms with Gasteiger partial charge in [0.1, 0.15) is 11.3 Å². The third-order valence-corrected chi connectivity index (χ3v) is 3.46. The molecule has 3 rings (SSSR count). The van der Waals surface area contributed by atoms with Crippen LogP contribution in [0, 0.1) is 11.6 Å². The SMILES string of the molecule is Nc1nc2c(F)cc(F)cc2n1CC1CCCCO1. The van der Waals surface area contributed by atoms with Crippen LogP contribution in [0.2, 0.25) is 0 Å². The van der Waals surface area contributed by atoms with Gasteiger partial charge in [-0.3, -0.25) is 0 Å². The van der Waals surface area contributed by atoms with E-state index in [1.54, 1.807) is 4.57 Å². The number of rotatable bonds is 2. The molecule has 1 aliphatic rings. The number of anilines is 1. The van der Waals surface area contributed by atoms with Crippen molar-refractivity contribution in [2.24, 2.45) is 0 Å². The highest BCUT2D eigenvalue weighted by Gasteiger charge is 2.19. The zero-order valence-corrected chi connectivity index (χ0v) is 10.4. The van der Waals surface area contributed by atoms with Gasteiger partial charge in [0.2, 0.25) is 5.95 Å². The Kier molecular flexibility index (Phi) is 3.10. The normalized spacial score (nSPS) is 20.0. The Bertz CT molecular complexity index is 605. The molecule has 1 saturated heterocycles. The summed E-state index contributed by atoms with van der Waals surface area (Å²) in [6.07, 6.45) is 3.11. The van der Waals surface area contributed by atoms with Crippen molar-refractivity contribution in [1.82, 2.24) is 9.55 Å². The highest BCUT2D eigenvalue weighted by atomic mass is 19.1. The Morgan fingerprint density at radius 1 is 1.37 bits per heavy atom. The van der Waals surface area contributed by atoms with Gasteiger partial charge in [0.25, 0.3) is 0 Å². The molecule has 4 nitrogen and oxygen atoms in total. The summed E-state index contributed by atoms with van der Waals surface area (Å²) >= 11 is 0. The van der Waals surface area contributed by atoms with E-state index < -0.39 is 11.6 Å². The summed E-state index contributed by atoms with van der Waals surface area (Å²) in [7, 11) is 0. The minimum atomic E-state index is -0.690. The van der Waals surface area contributed by atoms with Crippen LogP contribution in [0.3, 0.4) is 0 Å². The summed E-state index contributed by atoms with van der Waals surface area (Å²) in [4.78, 5) is 3.96. The van der Waals surface area contributed by atoms with Gasteiger partial charge < -0.3 is 15.0 Å². The Hall–Kier alpha value is -1.69. The van der Waals surface area contributed by atoms with Crippen LogP contribution in [-0.4, -0.2) is 22.3 Å². The number of benzene rings is 1. The van der Waals surface area contributed by atoms with Crippen molar-refractivity contribution in [3.8, 4) is 0 Å². The van der Waals surface area contributed by atoms with Crippen molar-refractivity contribution in [2.45, 2.75) is 31.9 Å². The van der Waals surface area contributed by atoms with Gasteiger partial charge in [-0.25, -0.2) is 13.8 Å². The molecular formula is C13H15F2N3O. The molecule has 0 aliphatic carbocycles. The molecule has 1 atom stereocenters. The van der Waals surface area contributed by atoms with Crippen LogP contribution in [0.1, 0.15) is 19.3 Å². The smallest absolute Gasteiger partial charge is 0.201 e. The van der Waals surface area contributed by atoms with Gasteiger partial charge in [-0.15, -0.1) is 0 Å². The van der Waals surface area contributed by atoms with Gasteiger partial charge in [-0.05, 0) is 19.3 Å². The highest BCUT2D eigenvalue weighted by molar-refractivity contribution is 5.79. The fourth-order valence-corrected chi connectivity index (χ4v) is 2.51. The molecule has 102 valence electrons. The first-order valence-corrected chi connectivity index (χ1v) is 6.37. The van der Waals surface area contributed by atoms with Crippen LogP contribution < -0.4 is 5.73 Å². The molecular weight excluding hydrogens is 252 g/mol. The number of ether oxygens (including phenoxy) is 1. The van der Waals surface area contributed by atoms with E-state index in [4.69, 9.17) is 10.5 Å². The third-order valence-electron chi connectivity index (χ3n) is 3.46. The van der Waals surface area contributed by atoms with E-state index in [1.807, 2.05) is 0 Å². The van der Waals surface area contributed by atoms with E-state index in [2.05, 4.69) is 4.98 Å². The average Bonchev–Trinajstić information content (AvgIpc) is 2.69. The summed E-state index contributed by atoms with van der Waals surface area (Å²) in [6.45, 7) is 1.20. The Balaban J connectivity index is 1.99. The Labute approximate surface area is 109 Å². The predicted octanol–water partition coefficient (Wildman–Crippen LogP) is 2.47. The maximum absolute atomic E-state index is 13.6. The van der Waals surface area contributed by atoms with Crippen molar-refractivity contribution >= 4 is 17.0 Å². The van der Waals surface area contributed by atoms with Crippen LogP contribution in [-0.2, 0) is 11.3 Å². The molecule has 2 N–H and O–H groups in total. The number of imidazole rings is 1. The molecule has 0 spiro atoms. The number of fused-ring (bicyclic) bond motifs is 1. The van der Waals surface area contributed by atoms with Crippen LogP contribution in [0.5, 0.6) is 0 Å². The number of halogens is 2. The molecule has 1 fully saturated rings. The van der Waals surface area contributed by atoms with Crippen molar-refractivity contribution < 1.29 is 13.5 Å². The predicted molar refractivity (Wildman–Crippen MR) is 67.7 cm³/mol. The molecule has 1 aromatic heterocycles. The third kappa shape index (κ3) is 2.28. The standard InChI is InChI=1S/C13H15F2N3O/c14-8-5-10(15)12-11(6-8)18(13(16)17-12)7-9-3-1-2-4-19-9/h5-6,9H,1-4,7H2,(H2,16,17). The van der Waals surface area contributed by atoms with Gasteiger partial charge >= 0.3 is 0 Å². The summed E-state index contributed by atoms with van der Waals surface area (Å²) in [5.74, 6) is -1.13. The maximum Gasteiger partial charge on any atom is 0.201 e. The first kappa shape index (κ1) is 12.3. The lowest BCUT2D eigenvalue weighted by Gasteiger charge is -2.23. The lowest BCUT2D eigenvalue weighted by molar-refractivity contribution is 0.00693. The molecule has 0 saturated carbocycles. The van der Waals surface area contributed by atoms with E-state index in [1.165, 1.54) is 6.07 Å². The number of aromatic nitrogens is 2. The first-order valence-electron chi connectivity index (χ1n) is 6.37. The molecule has 0 amide bonds. The van der Waals surface area contributed by atoms with E-state index in [0.717, 1.165) is 31.9 Å². The van der Waals surface area contributed by atoms with Crippen LogP contribution in [0.4, 0.5) is 14.7 Å². The maximum atomic E-state index is 13.6. The minimum Gasteiger partial charge on any atom is -0.376 e. The van der Waals surface area contributed by atoms with Gasteiger partial charge in [0.15, 0.2) is 5.82 Å². The van der Waals surface area contributed by atoms with Gasteiger partial charge in [-0.1, -0.05) is 0 Å². The van der Waals surface area contributed by atoms with Crippen molar-refractivity contribution in [2.75, 3.05) is 12.3 Å². The van der Waals surface area contributed by atoms with Crippen molar-refractivity contribution in [3.63, 3.8) is 0 Å². The Morgan fingerprint density at radius 2 is 2.21 bits per heavy atom. The molecule has 1 aliphatic heterocycles. The molecule has 2 heterocycles. The van der Waals surface area contributed by atoms with E-state index in [-0.39, 0.29) is 17.6 Å². The molecule has 1 unspecified atom stereocenters. The zero-order chi connectivity index (χ0) is 13.4. The van der Waals surface area contributed by atoms with E-state index in [0.29, 0.717) is 12.1 Å². The van der Waals surface area contributed by atoms with Crippen molar-refractivity contribution in [1.29, 1.82) is 0 Å². The lowest BCUT2D eigenvalue weighted by atomic mass is 10.1. The first-order chi connectivity index (χ1) is 9.15. The molecule has 2 aromatic rings. The summed E-state index contributed by atoms with van der Waals surface area (Å²) < 4.78 is 34.2. The largest absolute Gasteiger partial charge is 0.376 e. The second kappa shape index (κ2) is 4.77. The summed E-state index contributed by atoms with van der Waals surface area (Å²) in [6, 6.07) is 2.07. The molecule has 19 heavy (non-hydrogen) atoms. The van der Waals surface area contributed by atoms with Crippen molar-refractivity contribution in [3.05, 3.63) is 23.8 Å². The van der Waals surface area contributed by atoms with Crippen LogP contribution in [0.15, 0.2) is 12.1 Å². The van der Waals surface area contributed by atoms with Gasteiger partial charge in [0.05, 0.1) is 18.2 Å². The highest BCUT2D eigenvalue weighted by Crippen LogP contribution is 2.24. The van der Waals surface area contributed by atoms with Crippen LogP contribution >= 0.6 is 0 Å². The number of nitrogens with two attached hydrogens (primary N) is 1. The number of hydrogen-bond acceptors (Lipinski definition) is 3. The quantitative estimate of drug-likeness (QED) is 0.909. The molecule has 0 bridgehead atoms. The molecule has 1 aromatic carbocycles. The van der Waals surface area contributed by atoms with E-state index in [9.17, 15) is 8.78 Å².